The number of amides is 3. The summed E-state index contributed by atoms with van der Waals surface area (Å²) in [6.07, 6.45) is 1.87. The van der Waals surface area contributed by atoms with Crippen molar-refractivity contribution in [3.05, 3.63) is 76.6 Å². The van der Waals surface area contributed by atoms with Crippen LogP contribution in [0.5, 0.6) is 5.75 Å². The lowest BCUT2D eigenvalue weighted by molar-refractivity contribution is -0.130. The molecule has 4 rings (SSSR count). The van der Waals surface area contributed by atoms with Crippen molar-refractivity contribution in [2.75, 3.05) is 13.2 Å². The van der Waals surface area contributed by atoms with Gasteiger partial charge in [-0.2, -0.15) is 0 Å². The van der Waals surface area contributed by atoms with Gasteiger partial charge in [0.25, 0.3) is 5.91 Å². The number of nitrogens with zero attached hydrogens (tertiary/aromatic N) is 3. The molecule has 1 aromatic heterocycles. The number of aromatic nitrogens is 3. The number of hydrogen-bond acceptors (Lipinski definition) is 7. The number of carbonyl (C=O) groups is 3. The SMILES string of the molecule is O=C1N[C@H](CO)C(=O)N[C@H](Cc2ccccc2)C(=O)NCc2cn(nn2)CCOc2ccc(Cl)cc21. The van der Waals surface area contributed by atoms with Gasteiger partial charge < -0.3 is 25.8 Å². The zero-order chi connectivity index (χ0) is 25.5. The maximum absolute atomic E-state index is 13.0. The van der Waals surface area contributed by atoms with E-state index in [1.54, 1.807) is 23.0 Å². The quantitative estimate of drug-likeness (QED) is 0.398. The Bertz CT molecular complexity index is 1230. The van der Waals surface area contributed by atoms with E-state index in [0.717, 1.165) is 5.56 Å². The zero-order valence-electron chi connectivity index (χ0n) is 19.2. The largest absolute Gasteiger partial charge is 0.491 e. The first-order valence-corrected chi connectivity index (χ1v) is 11.7. The van der Waals surface area contributed by atoms with Gasteiger partial charge in [-0.1, -0.05) is 47.1 Å². The number of aliphatic hydroxyl groups excluding tert-OH is 1. The van der Waals surface area contributed by atoms with Crippen LogP contribution in [0.1, 0.15) is 21.6 Å². The Hall–Kier alpha value is -3.96. The van der Waals surface area contributed by atoms with Crippen molar-refractivity contribution in [2.24, 2.45) is 0 Å². The third-order valence-electron chi connectivity index (χ3n) is 5.51. The molecule has 0 unspecified atom stereocenters. The molecule has 2 heterocycles. The molecule has 0 saturated heterocycles. The first-order chi connectivity index (χ1) is 17.4. The zero-order valence-corrected chi connectivity index (χ0v) is 19.9. The topological polar surface area (TPSA) is 147 Å². The lowest BCUT2D eigenvalue weighted by Crippen LogP contribution is -2.55. The van der Waals surface area contributed by atoms with E-state index in [1.807, 2.05) is 30.3 Å². The molecule has 0 saturated carbocycles. The molecule has 3 aromatic rings. The number of rotatable bonds is 3. The van der Waals surface area contributed by atoms with Crippen LogP contribution in [0.2, 0.25) is 5.02 Å². The summed E-state index contributed by atoms with van der Waals surface area (Å²) in [6.45, 7) is -0.0840. The van der Waals surface area contributed by atoms with E-state index in [4.69, 9.17) is 16.3 Å². The predicted molar refractivity (Wildman–Crippen MR) is 129 cm³/mol. The monoisotopic (exact) mass is 512 g/mol. The standard InChI is InChI=1S/C24H25ClN6O5/c25-16-6-7-21-18(11-16)22(33)28-20(14-32)24(35)27-19(10-15-4-2-1-3-5-15)23(34)26-12-17-13-31(30-29-17)8-9-36-21/h1-7,11,13,19-20,32H,8-10,12,14H2,(H,26,34)(H,27,35)(H,28,33)/t19-,20-/m1/s1. The van der Waals surface area contributed by atoms with Gasteiger partial charge in [-0.25, -0.2) is 4.68 Å². The number of hydrogen-bond donors (Lipinski definition) is 4. The minimum atomic E-state index is -1.32. The van der Waals surface area contributed by atoms with Crippen molar-refractivity contribution in [3.63, 3.8) is 0 Å². The number of aliphatic hydroxyl groups is 1. The van der Waals surface area contributed by atoms with Gasteiger partial charge in [0, 0.05) is 11.4 Å². The Labute approximate surface area is 211 Å². The summed E-state index contributed by atoms with van der Waals surface area (Å²) in [5.74, 6) is -1.59. The Balaban J connectivity index is 1.63. The van der Waals surface area contributed by atoms with Crippen molar-refractivity contribution in [3.8, 4) is 5.75 Å². The molecular formula is C24H25ClN6O5. The van der Waals surface area contributed by atoms with Gasteiger partial charge >= 0.3 is 0 Å². The van der Waals surface area contributed by atoms with E-state index in [1.165, 1.54) is 6.07 Å². The molecule has 4 N–H and O–H groups in total. The Morgan fingerprint density at radius 3 is 2.64 bits per heavy atom. The van der Waals surface area contributed by atoms with Crippen LogP contribution in [0.15, 0.2) is 54.7 Å². The highest BCUT2D eigenvalue weighted by atomic mass is 35.5. The van der Waals surface area contributed by atoms with Crippen LogP contribution in [0, 0.1) is 0 Å². The second-order valence-electron chi connectivity index (χ2n) is 8.14. The number of fused-ring (bicyclic) bond motifs is 3. The lowest BCUT2D eigenvalue weighted by Gasteiger charge is -2.22. The van der Waals surface area contributed by atoms with Crippen LogP contribution >= 0.6 is 11.6 Å². The average molecular weight is 513 g/mol. The summed E-state index contributed by atoms with van der Waals surface area (Å²) in [6, 6.07) is 11.4. The van der Waals surface area contributed by atoms with Crippen LogP contribution < -0.4 is 20.7 Å². The van der Waals surface area contributed by atoms with E-state index < -0.39 is 36.4 Å². The minimum absolute atomic E-state index is 0.0934. The van der Waals surface area contributed by atoms with E-state index in [-0.39, 0.29) is 30.9 Å². The molecule has 0 fully saturated rings. The number of halogens is 1. The summed E-state index contributed by atoms with van der Waals surface area (Å²) in [5.41, 5.74) is 1.44. The highest BCUT2D eigenvalue weighted by Crippen LogP contribution is 2.23. The van der Waals surface area contributed by atoms with Crippen molar-refractivity contribution in [1.82, 2.24) is 30.9 Å². The van der Waals surface area contributed by atoms with E-state index in [9.17, 15) is 19.5 Å². The molecule has 1 aliphatic rings. The molecule has 188 valence electrons. The fourth-order valence-corrected chi connectivity index (χ4v) is 3.82. The molecule has 2 aromatic carbocycles. The summed E-state index contributed by atoms with van der Waals surface area (Å²) in [4.78, 5) is 39.1. The summed E-state index contributed by atoms with van der Waals surface area (Å²) >= 11 is 6.08. The van der Waals surface area contributed by atoms with Crippen LogP contribution in [-0.4, -0.2) is 63.1 Å². The first-order valence-electron chi connectivity index (χ1n) is 11.3. The number of benzene rings is 2. The van der Waals surface area contributed by atoms with Crippen LogP contribution in [0.3, 0.4) is 0 Å². The van der Waals surface area contributed by atoms with Gasteiger partial charge in [-0.15, -0.1) is 5.10 Å². The van der Waals surface area contributed by atoms with Crippen molar-refractivity contribution >= 4 is 29.3 Å². The van der Waals surface area contributed by atoms with E-state index in [0.29, 0.717) is 17.3 Å². The third-order valence-corrected chi connectivity index (χ3v) is 5.75. The summed E-state index contributed by atoms with van der Waals surface area (Å²) < 4.78 is 7.32. The van der Waals surface area contributed by atoms with Gasteiger partial charge in [0.2, 0.25) is 11.8 Å². The molecule has 0 radical (unpaired) electrons. The molecule has 36 heavy (non-hydrogen) atoms. The smallest absolute Gasteiger partial charge is 0.255 e. The summed E-state index contributed by atoms with van der Waals surface area (Å²) in [5, 5.41) is 26.1. The molecule has 3 amide bonds. The predicted octanol–water partition coefficient (Wildman–Crippen LogP) is 0.459. The number of carbonyl (C=O) groups excluding carboxylic acids is 3. The molecule has 12 heteroatoms. The Morgan fingerprint density at radius 2 is 1.86 bits per heavy atom. The molecule has 2 atom stereocenters. The fourth-order valence-electron chi connectivity index (χ4n) is 3.65. The lowest BCUT2D eigenvalue weighted by atomic mass is 10.0. The molecule has 2 bridgehead atoms. The highest BCUT2D eigenvalue weighted by Gasteiger charge is 2.28. The fraction of sp³-hybridized carbons (Fsp3) is 0.292. The molecular weight excluding hydrogens is 488 g/mol. The van der Waals surface area contributed by atoms with Gasteiger partial charge in [-0.05, 0) is 23.8 Å². The maximum Gasteiger partial charge on any atom is 0.255 e. The van der Waals surface area contributed by atoms with Crippen molar-refractivity contribution < 1.29 is 24.2 Å². The van der Waals surface area contributed by atoms with Crippen molar-refractivity contribution in [1.29, 1.82) is 0 Å². The normalized spacial score (nSPS) is 19.2. The first kappa shape index (κ1) is 25.1. The third kappa shape index (κ3) is 6.37. The molecule has 0 spiro atoms. The van der Waals surface area contributed by atoms with Gasteiger partial charge in [-0.3, -0.25) is 14.4 Å². The minimum Gasteiger partial charge on any atom is -0.491 e. The van der Waals surface area contributed by atoms with Crippen LogP contribution in [-0.2, 0) is 29.1 Å². The van der Waals surface area contributed by atoms with Crippen LogP contribution in [0.25, 0.3) is 0 Å². The Kier molecular flexibility index (Phi) is 8.13. The summed E-state index contributed by atoms with van der Waals surface area (Å²) in [7, 11) is 0. The van der Waals surface area contributed by atoms with E-state index >= 15 is 0 Å². The molecule has 11 nitrogen and oxygen atoms in total. The molecule has 0 aliphatic carbocycles. The Morgan fingerprint density at radius 1 is 1.06 bits per heavy atom. The second-order valence-corrected chi connectivity index (χ2v) is 8.58. The molecule has 1 aliphatic heterocycles. The highest BCUT2D eigenvalue weighted by molar-refractivity contribution is 6.31. The maximum atomic E-state index is 13.0. The van der Waals surface area contributed by atoms with Gasteiger partial charge in [0.1, 0.15) is 30.1 Å². The second kappa shape index (κ2) is 11.6. The van der Waals surface area contributed by atoms with Gasteiger partial charge in [0.05, 0.1) is 31.5 Å². The van der Waals surface area contributed by atoms with Crippen LogP contribution in [0.4, 0.5) is 0 Å². The number of nitrogens with one attached hydrogen (secondary N) is 3. The average Bonchev–Trinajstić information content (AvgIpc) is 3.33. The van der Waals surface area contributed by atoms with Gasteiger partial charge in [0.15, 0.2) is 0 Å². The van der Waals surface area contributed by atoms with E-state index in [2.05, 4.69) is 26.3 Å². The number of ether oxygens (including phenoxy) is 1. The van der Waals surface area contributed by atoms with Crippen molar-refractivity contribution in [2.45, 2.75) is 31.6 Å².